The molecule has 0 aliphatic rings. The lowest BCUT2D eigenvalue weighted by atomic mass is 10.0. The smallest absolute Gasteiger partial charge is 0.340 e. The average Bonchev–Trinajstić information content (AvgIpc) is 2.98. The molecule has 8 heteroatoms. The summed E-state index contributed by atoms with van der Waals surface area (Å²) in [6.07, 6.45) is 3.09. The summed E-state index contributed by atoms with van der Waals surface area (Å²) < 4.78 is 12.9. The van der Waals surface area contributed by atoms with Gasteiger partial charge in [-0.15, -0.1) is 11.3 Å². The summed E-state index contributed by atoms with van der Waals surface area (Å²) in [7, 11) is -4.71. The Morgan fingerprint density at radius 2 is 1.89 bits per heavy atom. The van der Waals surface area contributed by atoms with Crippen molar-refractivity contribution in [2.45, 2.75) is 12.1 Å². The first-order valence-electron chi connectivity index (χ1n) is 7.96. The van der Waals surface area contributed by atoms with Crippen LogP contribution in [0.5, 0.6) is 5.75 Å². The van der Waals surface area contributed by atoms with Gasteiger partial charge in [0, 0.05) is 16.1 Å². The van der Waals surface area contributed by atoms with Crippen molar-refractivity contribution < 1.29 is 24.3 Å². The zero-order valence-corrected chi connectivity index (χ0v) is 16.4. The van der Waals surface area contributed by atoms with Gasteiger partial charge in [-0.1, -0.05) is 35.9 Å². The first kappa shape index (κ1) is 19.8. The number of carbonyl (C=O) groups is 1. The minimum absolute atomic E-state index is 0.130. The molecule has 1 unspecified atom stereocenters. The molecule has 0 fully saturated rings. The van der Waals surface area contributed by atoms with Gasteiger partial charge in [-0.25, -0.2) is 0 Å². The SMILES string of the molecule is O=C(C/C=C/c1ccc(O)cc1)C(c1csc2ccc(Cl)cc12)P(=O)(O)O. The van der Waals surface area contributed by atoms with Crippen LogP contribution < -0.4 is 0 Å². The number of Topliss-reactive ketones (excluding diaryl/α,β-unsaturated/α-hetero) is 1. The predicted molar refractivity (Wildman–Crippen MR) is 108 cm³/mol. The van der Waals surface area contributed by atoms with Crippen LogP contribution in [0.15, 0.2) is 53.9 Å². The second-order valence-electron chi connectivity index (χ2n) is 5.99. The highest BCUT2D eigenvalue weighted by atomic mass is 35.5. The number of hydrogen-bond acceptors (Lipinski definition) is 4. The number of benzene rings is 2. The topological polar surface area (TPSA) is 94.8 Å². The molecule has 3 aromatic rings. The molecule has 3 N–H and O–H groups in total. The number of halogens is 1. The first-order valence-corrected chi connectivity index (χ1v) is 10.9. The summed E-state index contributed by atoms with van der Waals surface area (Å²) in [6, 6.07) is 11.4. The highest BCUT2D eigenvalue weighted by molar-refractivity contribution is 7.53. The van der Waals surface area contributed by atoms with Crippen LogP contribution >= 0.6 is 30.5 Å². The minimum atomic E-state index is -4.71. The maximum atomic E-state index is 12.6. The largest absolute Gasteiger partial charge is 0.508 e. The van der Waals surface area contributed by atoms with Gasteiger partial charge in [0.15, 0.2) is 5.78 Å². The van der Waals surface area contributed by atoms with Gasteiger partial charge < -0.3 is 14.9 Å². The monoisotopic (exact) mass is 422 g/mol. The summed E-state index contributed by atoms with van der Waals surface area (Å²) in [5.41, 5.74) is -0.468. The minimum Gasteiger partial charge on any atom is -0.508 e. The Labute approximate surface area is 164 Å². The fourth-order valence-electron chi connectivity index (χ4n) is 2.78. The second-order valence-corrected chi connectivity index (χ2v) is 9.03. The van der Waals surface area contributed by atoms with E-state index in [2.05, 4.69) is 0 Å². The highest BCUT2D eigenvalue weighted by Crippen LogP contribution is 2.55. The van der Waals surface area contributed by atoms with Gasteiger partial charge in [-0.3, -0.25) is 9.36 Å². The third kappa shape index (κ3) is 4.67. The summed E-state index contributed by atoms with van der Waals surface area (Å²) in [4.78, 5) is 32.3. The van der Waals surface area contributed by atoms with Crippen molar-refractivity contribution in [3.8, 4) is 5.75 Å². The van der Waals surface area contributed by atoms with Crippen molar-refractivity contribution in [2.24, 2.45) is 0 Å². The maximum Gasteiger partial charge on any atom is 0.340 e. The van der Waals surface area contributed by atoms with Gasteiger partial charge in [0.25, 0.3) is 0 Å². The number of fused-ring (bicyclic) bond motifs is 1. The Balaban J connectivity index is 1.88. The normalized spacial score (nSPS) is 13.3. The van der Waals surface area contributed by atoms with Crippen LogP contribution in [-0.2, 0) is 9.36 Å². The van der Waals surface area contributed by atoms with E-state index in [0.29, 0.717) is 16.0 Å². The van der Waals surface area contributed by atoms with Crippen LogP contribution in [0.3, 0.4) is 0 Å². The number of allylic oxidation sites excluding steroid dienone is 1. The summed E-state index contributed by atoms with van der Waals surface area (Å²) in [5.74, 6) is -0.439. The molecule has 140 valence electrons. The van der Waals surface area contributed by atoms with Gasteiger partial charge in [0.05, 0.1) is 0 Å². The van der Waals surface area contributed by atoms with E-state index >= 15 is 0 Å². The molecule has 3 rings (SSSR count). The molecular weight excluding hydrogens is 407 g/mol. The number of hydrogen-bond donors (Lipinski definition) is 3. The molecule has 0 aliphatic heterocycles. The Hall–Kier alpha value is -1.95. The molecule has 1 atom stereocenters. The average molecular weight is 423 g/mol. The van der Waals surface area contributed by atoms with Gasteiger partial charge in [0.2, 0.25) is 0 Å². The standard InChI is InChI=1S/C19H16ClO5PS/c20-13-6-9-18-15(10-13)16(11-27-18)19(26(23,24)25)17(22)3-1-2-12-4-7-14(21)8-5-12/h1-2,4-11,19,21H,3H2,(H2,23,24,25)/b2-1+. The fourth-order valence-corrected chi connectivity index (χ4v) is 5.08. The molecular formula is C19H16ClO5PS. The van der Waals surface area contributed by atoms with Crippen LogP contribution in [0.4, 0.5) is 0 Å². The molecule has 1 aromatic heterocycles. The van der Waals surface area contributed by atoms with Crippen molar-refractivity contribution in [2.75, 3.05) is 0 Å². The predicted octanol–water partition coefficient (Wildman–Crippen LogP) is 5.15. The Bertz CT molecular complexity index is 1050. The third-order valence-corrected chi connectivity index (χ3v) is 6.48. The van der Waals surface area contributed by atoms with Gasteiger partial charge in [-0.05, 0) is 52.2 Å². The number of rotatable bonds is 6. The zero-order valence-electron chi connectivity index (χ0n) is 13.9. The number of ketones is 1. The van der Waals surface area contributed by atoms with Crippen molar-refractivity contribution >= 4 is 52.5 Å². The first-order chi connectivity index (χ1) is 12.8. The molecule has 2 aromatic carbocycles. The van der Waals surface area contributed by atoms with Crippen LogP contribution in [0.1, 0.15) is 23.2 Å². The van der Waals surface area contributed by atoms with E-state index in [1.807, 2.05) is 0 Å². The van der Waals surface area contributed by atoms with Gasteiger partial charge in [0.1, 0.15) is 11.4 Å². The number of carbonyl (C=O) groups excluding carboxylic acids is 1. The fraction of sp³-hybridized carbons (Fsp3) is 0.105. The Morgan fingerprint density at radius 1 is 1.19 bits per heavy atom. The molecule has 0 spiro atoms. The summed E-state index contributed by atoms with van der Waals surface area (Å²) in [5, 5.41) is 11.9. The molecule has 0 aliphatic carbocycles. The number of phenolic OH excluding ortho intramolecular Hbond substituents is 1. The molecule has 0 bridgehead atoms. The lowest BCUT2D eigenvalue weighted by Gasteiger charge is -2.16. The maximum absolute atomic E-state index is 12.6. The van der Waals surface area contributed by atoms with Gasteiger partial charge in [-0.2, -0.15) is 0 Å². The van der Waals surface area contributed by atoms with Crippen molar-refractivity contribution in [1.29, 1.82) is 0 Å². The number of phenols is 1. The van der Waals surface area contributed by atoms with E-state index < -0.39 is 19.0 Å². The molecule has 0 amide bonds. The van der Waals surface area contributed by atoms with E-state index in [-0.39, 0.29) is 12.2 Å². The summed E-state index contributed by atoms with van der Waals surface area (Å²) in [6.45, 7) is 0. The van der Waals surface area contributed by atoms with E-state index in [4.69, 9.17) is 11.6 Å². The quantitative estimate of drug-likeness (QED) is 0.477. The van der Waals surface area contributed by atoms with Crippen LogP contribution in [0.2, 0.25) is 5.02 Å². The van der Waals surface area contributed by atoms with Crippen LogP contribution in [0.25, 0.3) is 16.2 Å². The van der Waals surface area contributed by atoms with Crippen LogP contribution in [-0.4, -0.2) is 20.7 Å². The Morgan fingerprint density at radius 3 is 2.56 bits per heavy atom. The molecule has 27 heavy (non-hydrogen) atoms. The highest BCUT2D eigenvalue weighted by Gasteiger charge is 2.37. The third-order valence-electron chi connectivity index (χ3n) is 4.02. The molecule has 0 radical (unpaired) electrons. The van der Waals surface area contributed by atoms with Crippen molar-refractivity contribution in [3.63, 3.8) is 0 Å². The van der Waals surface area contributed by atoms with Crippen LogP contribution in [0, 0.1) is 0 Å². The molecule has 0 saturated heterocycles. The van der Waals surface area contributed by atoms with Crippen molar-refractivity contribution in [1.82, 2.24) is 0 Å². The molecule has 0 saturated carbocycles. The summed E-state index contributed by atoms with van der Waals surface area (Å²) >= 11 is 7.32. The number of thiophene rings is 1. The van der Waals surface area contributed by atoms with Crippen molar-refractivity contribution in [3.05, 3.63) is 70.1 Å². The number of aromatic hydroxyl groups is 1. The van der Waals surface area contributed by atoms with E-state index in [0.717, 1.165) is 10.3 Å². The zero-order chi connectivity index (χ0) is 19.6. The van der Waals surface area contributed by atoms with E-state index in [9.17, 15) is 24.3 Å². The second kappa shape index (κ2) is 7.97. The molecule has 1 heterocycles. The van der Waals surface area contributed by atoms with Gasteiger partial charge >= 0.3 is 7.60 Å². The lowest BCUT2D eigenvalue weighted by molar-refractivity contribution is -0.118. The lowest BCUT2D eigenvalue weighted by Crippen LogP contribution is -2.12. The Kier molecular flexibility index (Phi) is 5.84. The van der Waals surface area contributed by atoms with E-state index in [1.54, 1.807) is 47.9 Å². The van der Waals surface area contributed by atoms with E-state index in [1.165, 1.54) is 23.5 Å². The molecule has 5 nitrogen and oxygen atoms in total.